The van der Waals surface area contributed by atoms with E-state index in [0.29, 0.717) is 12.3 Å². The topological polar surface area (TPSA) is 53.0 Å². The minimum Gasteiger partial charge on any atom is -0.315 e. The summed E-state index contributed by atoms with van der Waals surface area (Å²) in [7, 11) is 0. The van der Waals surface area contributed by atoms with Gasteiger partial charge in [-0.1, -0.05) is 6.92 Å². The summed E-state index contributed by atoms with van der Waals surface area (Å²) in [5.74, 6) is 0.151. The van der Waals surface area contributed by atoms with E-state index >= 15 is 0 Å². The molecule has 9 heavy (non-hydrogen) atoms. The fourth-order valence-electron chi connectivity index (χ4n) is 0.525. The Hall–Kier alpha value is -0.860. The van der Waals surface area contributed by atoms with Gasteiger partial charge in [0.05, 0.1) is 5.84 Å². The molecule has 2 N–H and O–H groups in total. The van der Waals surface area contributed by atoms with E-state index in [1.807, 2.05) is 6.92 Å². The molecule has 0 aromatic heterocycles. The Morgan fingerprint density at radius 3 is 2.56 bits per heavy atom. The molecule has 0 fully saturated rings. The van der Waals surface area contributed by atoms with E-state index in [-0.39, 0.29) is 5.91 Å². The summed E-state index contributed by atoms with van der Waals surface area (Å²) >= 11 is 0. The van der Waals surface area contributed by atoms with Gasteiger partial charge in [-0.25, -0.2) is 0 Å². The number of carbonyl (C=O) groups is 1. The molecule has 0 saturated heterocycles. The molecule has 1 amide bonds. The first-order chi connectivity index (χ1) is 4.16. The van der Waals surface area contributed by atoms with Crippen LogP contribution in [0.4, 0.5) is 0 Å². The molecule has 0 saturated carbocycles. The second kappa shape index (κ2) is 4.06. The number of amides is 1. The van der Waals surface area contributed by atoms with Crippen LogP contribution < -0.4 is 5.32 Å². The smallest absolute Gasteiger partial charge is 0.222 e. The van der Waals surface area contributed by atoms with Crippen LogP contribution in [0.2, 0.25) is 0 Å². The maximum Gasteiger partial charge on any atom is 0.222 e. The average molecular weight is 128 g/mol. The second-order valence-corrected chi connectivity index (χ2v) is 1.91. The summed E-state index contributed by atoms with van der Waals surface area (Å²) in [6, 6.07) is 0. The Labute approximate surface area is 55.0 Å². The number of amidine groups is 1. The molecular formula is C6H12N2O. The van der Waals surface area contributed by atoms with Crippen molar-refractivity contribution in [3.8, 4) is 0 Å². The minimum absolute atomic E-state index is 0.159. The normalized spacial score (nSPS) is 8.67. The molecule has 0 aromatic rings. The first kappa shape index (κ1) is 8.14. The maximum absolute atomic E-state index is 10.3. The van der Waals surface area contributed by atoms with Gasteiger partial charge in [-0.2, -0.15) is 0 Å². The van der Waals surface area contributed by atoms with Crippen molar-refractivity contribution in [2.75, 3.05) is 0 Å². The molecule has 0 aliphatic carbocycles. The molecule has 0 rings (SSSR count). The van der Waals surface area contributed by atoms with Gasteiger partial charge in [-0.05, 0) is 6.42 Å². The van der Waals surface area contributed by atoms with Crippen LogP contribution in [0.3, 0.4) is 0 Å². The Balaban J connectivity index is 3.39. The molecule has 0 heterocycles. The lowest BCUT2D eigenvalue weighted by Crippen LogP contribution is -2.26. The summed E-state index contributed by atoms with van der Waals surface area (Å²) in [5, 5.41) is 9.48. The van der Waals surface area contributed by atoms with Crippen LogP contribution in [0.5, 0.6) is 0 Å². The molecule has 0 spiro atoms. The zero-order valence-electron chi connectivity index (χ0n) is 5.82. The van der Waals surface area contributed by atoms with Gasteiger partial charge in [0.25, 0.3) is 0 Å². The van der Waals surface area contributed by atoms with Gasteiger partial charge in [0.1, 0.15) is 0 Å². The number of hydrogen-bond acceptors (Lipinski definition) is 2. The molecule has 0 unspecified atom stereocenters. The predicted molar refractivity (Wildman–Crippen MR) is 36.5 cm³/mol. The van der Waals surface area contributed by atoms with E-state index < -0.39 is 0 Å². The van der Waals surface area contributed by atoms with Crippen molar-refractivity contribution < 1.29 is 4.79 Å². The molecule has 0 aliphatic rings. The molecule has 3 nitrogen and oxygen atoms in total. The molecule has 0 aromatic carbocycles. The number of rotatable bonds is 2. The molecule has 52 valence electrons. The van der Waals surface area contributed by atoms with Crippen molar-refractivity contribution in [1.29, 1.82) is 5.41 Å². The monoisotopic (exact) mass is 128 g/mol. The van der Waals surface area contributed by atoms with Crippen molar-refractivity contribution in [2.24, 2.45) is 0 Å². The molecule has 0 bridgehead atoms. The second-order valence-electron chi connectivity index (χ2n) is 1.91. The molecular weight excluding hydrogens is 116 g/mol. The first-order valence-corrected chi connectivity index (χ1v) is 3.01. The minimum atomic E-state index is -0.159. The lowest BCUT2D eigenvalue weighted by Gasteiger charge is -1.99. The molecule has 0 aliphatic heterocycles. The van der Waals surface area contributed by atoms with E-state index in [9.17, 15) is 4.79 Å². The fraction of sp³-hybridized carbons (Fsp3) is 0.667. The zero-order valence-corrected chi connectivity index (χ0v) is 5.82. The van der Waals surface area contributed by atoms with E-state index in [1.54, 1.807) is 0 Å². The SMILES string of the molecule is CCCC(=N)NC(C)=O. The number of carbonyl (C=O) groups excluding carboxylic acids is 1. The highest BCUT2D eigenvalue weighted by Crippen LogP contribution is 1.84. The molecule has 0 atom stereocenters. The fourth-order valence-corrected chi connectivity index (χ4v) is 0.525. The Morgan fingerprint density at radius 2 is 2.22 bits per heavy atom. The van der Waals surface area contributed by atoms with E-state index in [2.05, 4.69) is 5.32 Å². The van der Waals surface area contributed by atoms with Crippen molar-refractivity contribution in [1.82, 2.24) is 5.32 Å². The van der Waals surface area contributed by atoms with E-state index in [1.165, 1.54) is 6.92 Å². The van der Waals surface area contributed by atoms with Crippen LogP contribution in [-0.2, 0) is 4.79 Å². The zero-order chi connectivity index (χ0) is 7.28. The Kier molecular flexibility index (Phi) is 3.67. The lowest BCUT2D eigenvalue weighted by atomic mass is 10.3. The third-order valence-electron chi connectivity index (χ3n) is 0.827. The van der Waals surface area contributed by atoms with Gasteiger partial charge in [0.15, 0.2) is 0 Å². The van der Waals surface area contributed by atoms with E-state index in [0.717, 1.165) is 6.42 Å². The van der Waals surface area contributed by atoms with Crippen molar-refractivity contribution in [2.45, 2.75) is 26.7 Å². The van der Waals surface area contributed by atoms with Crippen molar-refractivity contribution >= 4 is 11.7 Å². The Bertz CT molecular complexity index is 120. The summed E-state index contributed by atoms with van der Waals surface area (Å²) in [6.07, 6.45) is 1.55. The highest BCUT2D eigenvalue weighted by molar-refractivity contribution is 5.95. The Morgan fingerprint density at radius 1 is 1.67 bits per heavy atom. The summed E-state index contributed by atoms with van der Waals surface area (Å²) in [6.45, 7) is 3.38. The summed E-state index contributed by atoms with van der Waals surface area (Å²) in [5.41, 5.74) is 0. The van der Waals surface area contributed by atoms with Gasteiger partial charge >= 0.3 is 0 Å². The quantitative estimate of drug-likeness (QED) is 0.421. The lowest BCUT2D eigenvalue weighted by molar-refractivity contribution is -0.117. The first-order valence-electron chi connectivity index (χ1n) is 3.01. The maximum atomic E-state index is 10.3. The molecule has 0 radical (unpaired) electrons. The standard InChI is InChI=1S/C6H12N2O/c1-3-4-6(7)8-5(2)9/h3-4H2,1-2H3,(H2,7,8,9). The van der Waals surface area contributed by atoms with Crippen molar-refractivity contribution in [3.05, 3.63) is 0 Å². The highest BCUT2D eigenvalue weighted by atomic mass is 16.1. The van der Waals surface area contributed by atoms with Gasteiger partial charge < -0.3 is 5.32 Å². The number of nitrogens with one attached hydrogen (secondary N) is 2. The van der Waals surface area contributed by atoms with Crippen LogP contribution >= 0.6 is 0 Å². The summed E-state index contributed by atoms with van der Waals surface area (Å²) in [4.78, 5) is 10.3. The predicted octanol–water partition coefficient (Wildman–Crippen LogP) is 0.900. The third kappa shape index (κ3) is 5.00. The van der Waals surface area contributed by atoms with Crippen LogP contribution in [0.1, 0.15) is 26.7 Å². The van der Waals surface area contributed by atoms with Crippen LogP contribution in [-0.4, -0.2) is 11.7 Å². The largest absolute Gasteiger partial charge is 0.315 e. The van der Waals surface area contributed by atoms with Gasteiger partial charge in [0.2, 0.25) is 5.91 Å². The van der Waals surface area contributed by atoms with Crippen molar-refractivity contribution in [3.63, 3.8) is 0 Å². The van der Waals surface area contributed by atoms with Gasteiger partial charge in [-0.15, -0.1) is 0 Å². The average Bonchev–Trinajstić information content (AvgIpc) is 1.63. The highest BCUT2D eigenvalue weighted by Gasteiger charge is 1.94. The van der Waals surface area contributed by atoms with Crippen LogP contribution in [0.25, 0.3) is 0 Å². The van der Waals surface area contributed by atoms with Crippen LogP contribution in [0.15, 0.2) is 0 Å². The summed E-state index contributed by atoms with van der Waals surface area (Å²) < 4.78 is 0. The van der Waals surface area contributed by atoms with Gasteiger partial charge in [0, 0.05) is 13.3 Å². The molecule has 3 heteroatoms. The third-order valence-corrected chi connectivity index (χ3v) is 0.827. The van der Waals surface area contributed by atoms with Crippen LogP contribution in [0, 0.1) is 5.41 Å². The number of hydrogen-bond donors (Lipinski definition) is 2. The van der Waals surface area contributed by atoms with Gasteiger partial charge in [-0.3, -0.25) is 10.2 Å². The van der Waals surface area contributed by atoms with E-state index in [4.69, 9.17) is 5.41 Å².